The Morgan fingerprint density at radius 1 is 1.47 bits per heavy atom. The zero-order valence-corrected chi connectivity index (χ0v) is 11.8. The molecule has 0 bridgehead atoms. The molecule has 1 amide bonds. The maximum Gasteiger partial charge on any atom is 0.283 e. The summed E-state index contributed by atoms with van der Waals surface area (Å²) in [5.74, 6) is -1.01. The molecule has 10 heteroatoms. The van der Waals surface area contributed by atoms with Crippen LogP contribution in [-0.4, -0.2) is 30.8 Å². The smallest absolute Gasteiger partial charge is 0.283 e. The van der Waals surface area contributed by atoms with Gasteiger partial charge >= 0.3 is 0 Å². The second kappa shape index (κ2) is 6.22. The van der Waals surface area contributed by atoms with Crippen molar-refractivity contribution in [3.8, 4) is 0 Å². The minimum atomic E-state index is -3.64. The van der Waals surface area contributed by atoms with Crippen LogP contribution in [-0.2, 0) is 9.05 Å². The van der Waals surface area contributed by atoms with Crippen LogP contribution in [0.2, 0.25) is 0 Å². The Labute approximate surface area is 117 Å². The lowest BCUT2D eigenvalue weighted by atomic mass is 10.2. The monoisotopic (exact) mass is 324 g/mol. The molecule has 0 unspecified atom stereocenters. The fraction of sp³-hybridized carbons (Fsp3) is 0.222. The zero-order chi connectivity index (χ0) is 14.6. The third-order valence-electron chi connectivity index (χ3n) is 2.02. The highest BCUT2D eigenvalue weighted by atomic mass is 35.7. The molecule has 2 N–H and O–H groups in total. The summed E-state index contributed by atoms with van der Waals surface area (Å²) in [4.78, 5) is 21.4. The van der Waals surface area contributed by atoms with Crippen molar-refractivity contribution in [3.05, 3.63) is 33.9 Å². The van der Waals surface area contributed by atoms with E-state index in [1.807, 2.05) is 0 Å². The van der Waals surface area contributed by atoms with Crippen molar-refractivity contribution < 1.29 is 18.1 Å². The summed E-state index contributed by atoms with van der Waals surface area (Å²) in [5, 5.41) is 10.9. The highest BCUT2D eigenvalue weighted by molar-refractivity contribution is 8.14. The molecule has 1 aromatic carbocycles. The summed E-state index contributed by atoms with van der Waals surface area (Å²) < 4.78 is 21.5. The van der Waals surface area contributed by atoms with Crippen LogP contribution >= 0.6 is 22.4 Å². The fourth-order valence-electron chi connectivity index (χ4n) is 1.19. The Morgan fingerprint density at radius 3 is 2.58 bits per heavy atom. The molecule has 0 aliphatic carbocycles. The molecule has 0 fully saturated rings. The molecule has 0 radical (unpaired) electrons. The number of benzene rings is 1. The van der Waals surface area contributed by atoms with Gasteiger partial charge < -0.3 is 5.73 Å². The lowest BCUT2D eigenvalue weighted by molar-refractivity contribution is -0.387. The highest BCUT2D eigenvalue weighted by Gasteiger charge is 2.17. The number of carbonyl (C=O) groups excluding carboxylic acids is 1. The van der Waals surface area contributed by atoms with Crippen LogP contribution in [0.25, 0.3) is 0 Å². The molecule has 0 saturated carbocycles. The molecule has 0 aliphatic rings. The number of nitrogens with two attached hydrogens (primary N) is 1. The minimum absolute atomic E-state index is 0.0148. The van der Waals surface area contributed by atoms with Crippen molar-refractivity contribution in [2.45, 2.75) is 4.90 Å². The summed E-state index contributed by atoms with van der Waals surface area (Å²) in [6.07, 6.45) is 0. The molecule has 0 heterocycles. The number of nitro benzene ring substituents is 1. The van der Waals surface area contributed by atoms with Crippen molar-refractivity contribution in [1.82, 2.24) is 0 Å². The maximum absolute atomic E-state index is 10.9. The number of hydrogen-bond donors (Lipinski definition) is 1. The van der Waals surface area contributed by atoms with Gasteiger partial charge in [0.1, 0.15) is 0 Å². The Hall–Kier alpha value is -1.32. The summed E-state index contributed by atoms with van der Waals surface area (Å²) in [5.41, 5.74) is 4.74. The van der Waals surface area contributed by atoms with Crippen LogP contribution in [0.4, 0.5) is 5.69 Å². The Morgan fingerprint density at radius 2 is 2.11 bits per heavy atom. The molecule has 0 aliphatic heterocycles. The van der Waals surface area contributed by atoms with Gasteiger partial charge in [-0.05, 0) is 12.1 Å². The van der Waals surface area contributed by atoms with E-state index in [1.54, 1.807) is 0 Å². The first-order valence-electron chi connectivity index (χ1n) is 4.84. The second-order valence-corrected chi connectivity index (χ2v) is 7.43. The topological polar surface area (TPSA) is 120 Å². The standard InChI is InChI=1S/C9H9ClN2O5S2/c10-19(16,17)4-3-18-8-2-1-6(9(11)13)5-7(8)12(14)15/h1-2,5H,3-4H2,(H2,11,13). The first kappa shape index (κ1) is 15.7. The van der Waals surface area contributed by atoms with Gasteiger partial charge in [0, 0.05) is 28.1 Å². The predicted octanol–water partition coefficient (Wildman–Crippen LogP) is 1.35. The number of nitro groups is 1. The Balaban J connectivity index is 2.94. The summed E-state index contributed by atoms with van der Waals surface area (Å²) in [7, 11) is 1.39. The van der Waals surface area contributed by atoms with E-state index in [2.05, 4.69) is 0 Å². The van der Waals surface area contributed by atoms with Crippen molar-refractivity contribution in [2.75, 3.05) is 11.5 Å². The Kier molecular flexibility index (Phi) is 5.15. The van der Waals surface area contributed by atoms with Gasteiger partial charge in [0.2, 0.25) is 15.0 Å². The molecule has 0 aromatic heterocycles. The molecule has 0 atom stereocenters. The van der Waals surface area contributed by atoms with Gasteiger partial charge in [-0.1, -0.05) is 0 Å². The van der Waals surface area contributed by atoms with Gasteiger partial charge in [0.15, 0.2) is 0 Å². The van der Waals surface area contributed by atoms with Gasteiger partial charge in [0.05, 0.1) is 15.6 Å². The number of carbonyl (C=O) groups is 1. The molecule has 1 aromatic rings. The second-order valence-electron chi connectivity index (χ2n) is 3.40. The van der Waals surface area contributed by atoms with Gasteiger partial charge in [-0.25, -0.2) is 8.42 Å². The van der Waals surface area contributed by atoms with Crippen molar-refractivity contribution in [3.63, 3.8) is 0 Å². The lowest BCUT2D eigenvalue weighted by Gasteiger charge is -2.03. The average molecular weight is 325 g/mol. The quantitative estimate of drug-likeness (QED) is 0.365. The van der Waals surface area contributed by atoms with Crippen LogP contribution in [0.1, 0.15) is 10.4 Å². The van der Waals surface area contributed by atoms with Crippen LogP contribution < -0.4 is 5.73 Å². The number of primary amides is 1. The van der Waals surface area contributed by atoms with Crippen LogP contribution in [0.15, 0.2) is 23.1 Å². The molecule has 0 spiro atoms. The van der Waals surface area contributed by atoms with E-state index in [0.717, 1.165) is 17.8 Å². The lowest BCUT2D eigenvalue weighted by Crippen LogP contribution is -2.11. The van der Waals surface area contributed by atoms with E-state index in [4.69, 9.17) is 16.4 Å². The van der Waals surface area contributed by atoms with Crippen LogP contribution in [0.5, 0.6) is 0 Å². The average Bonchev–Trinajstić information content (AvgIpc) is 2.27. The molecule has 104 valence electrons. The van der Waals surface area contributed by atoms with E-state index in [9.17, 15) is 23.3 Å². The number of rotatable bonds is 6. The van der Waals surface area contributed by atoms with Gasteiger partial charge in [-0.15, -0.1) is 11.8 Å². The van der Waals surface area contributed by atoms with Gasteiger partial charge in [-0.2, -0.15) is 0 Å². The first-order valence-corrected chi connectivity index (χ1v) is 8.30. The van der Waals surface area contributed by atoms with E-state index < -0.39 is 19.9 Å². The van der Waals surface area contributed by atoms with Gasteiger partial charge in [-0.3, -0.25) is 14.9 Å². The largest absolute Gasteiger partial charge is 0.366 e. The molecule has 19 heavy (non-hydrogen) atoms. The molecular formula is C9H9ClN2O5S2. The number of nitrogens with zero attached hydrogens (tertiary/aromatic N) is 1. The van der Waals surface area contributed by atoms with Crippen molar-refractivity contribution in [2.24, 2.45) is 5.73 Å². The Bertz CT molecular complexity index is 617. The van der Waals surface area contributed by atoms with E-state index in [1.165, 1.54) is 12.1 Å². The fourth-order valence-corrected chi connectivity index (χ4v) is 3.55. The third kappa shape index (κ3) is 5.05. The zero-order valence-electron chi connectivity index (χ0n) is 9.41. The van der Waals surface area contributed by atoms with E-state index >= 15 is 0 Å². The number of hydrogen-bond acceptors (Lipinski definition) is 6. The number of halogens is 1. The summed E-state index contributed by atoms with van der Waals surface area (Å²) in [6, 6.07) is 3.75. The minimum Gasteiger partial charge on any atom is -0.366 e. The van der Waals surface area contributed by atoms with E-state index in [-0.39, 0.29) is 27.7 Å². The molecule has 7 nitrogen and oxygen atoms in total. The predicted molar refractivity (Wildman–Crippen MR) is 72.0 cm³/mol. The highest BCUT2D eigenvalue weighted by Crippen LogP contribution is 2.30. The maximum atomic E-state index is 10.9. The summed E-state index contributed by atoms with van der Waals surface area (Å²) >= 11 is 0.965. The first-order chi connectivity index (χ1) is 8.70. The van der Waals surface area contributed by atoms with Crippen LogP contribution in [0.3, 0.4) is 0 Å². The number of thioether (sulfide) groups is 1. The molecular weight excluding hydrogens is 316 g/mol. The van der Waals surface area contributed by atoms with Gasteiger partial charge in [0.25, 0.3) is 5.69 Å². The van der Waals surface area contributed by atoms with Crippen molar-refractivity contribution >= 4 is 43.1 Å². The molecule has 1 rings (SSSR count). The summed E-state index contributed by atoms with van der Waals surface area (Å²) in [6.45, 7) is 0. The van der Waals surface area contributed by atoms with Crippen LogP contribution in [0, 0.1) is 10.1 Å². The van der Waals surface area contributed by atoms with E-state index in [0.29, 0.717) is 0 Å². The SMILES string of the molecule is NC(=O)c1ccc(SCCS(=O)(=O)Cl)c([N+](=O)[O-])c1. The molecule has 0 saturated heterocycles. The van der Waals surface area contributed by atoms with Crippen molar-refractivity contribution in [1.29, 1.82) is 0 Å². The normalized spacial score (nSPS) is 11.2. The third-order valence-corrected chi connectivity index (χ3v) is 4.50. The number of amides is 1.